The average Bonchev–Trinajstić information content (AvgIpc) is 3.04. The Kier molecular flexibility index (Phi) is 3.43. The Morgan fingerprint density at radius 3 is 2.75 bits per heavy atom. The monoisotopic (exact) mass is 277 g/mol. The van der Waals surface area contributed by atoms with Gasteiger partial charge in [-0.05, 0) is 33.6 Å². The number of anilines is 1. The molecule has 0 aromatic carbocycles. The second kappa shape index (κ2) is 5.24. The maximum absolute atomic E-state index is 5.56. The first-order valence-corrected chi connectivity index (χ1v) is 6.88. The van der Waals surface area contributed by atoms with Crippen molar-refractivity contribution in [2.24, 2.45) is 0 Å². The molecule has 0 aliphatic heterocycles. The van der Waals surface area contributed by atoms with E-state index in [0.717, 1.165) is 17.0 Å². The van der Waals surface area contributed by atoms with Crippen molar-refractivity contribution in [3.63, 3.8) is 0 Å². The number of aryl methyl sites for hydroxylation is 2. The summed E-state index contributed by atoms with van der Waals surface area (Å²) in [6.45, 7) is 6.45. The summed E-state index contributed by atoms with van der Waals surface area (Å²) >= 11 is 0. The Balaban J connectivity index is 1.62. The van der Waals surface area contributed by atoms with Crippen LogP contribution in [-0.2, 0) is 6.54 Å². The van der Waals surface area contributed by atoms with E-state index in [9.17, 15) is 0 Å². The van der Waals surface area contributed by atoms with Gasteiger partial charge in [-0.15, -0.1) is 5.10 Å². The fraction of sp³-hybridized carbons (Fsp3) is 0.615. The molecule has 7 heteroatoms. The van der Waals surface area contributed by atoms with Gasteiger partial charge in [0.05, 0.1) is 18.3 Å². The molecule has 2 aromatic heterocycles. The third-order valence-electron chi connectivity index (χ3n) is 3.45. The highest BCUT2D eigenvalue weighted by Crippen LogP contribution is 2.24. The van der Waals surface area contributed by atoms with Crippen LogP contribution in [-0.4, -0.2) is 21.4 Å². The van der Waals surface area contributed by atoms with Crippen molar-refractivity contribution in [2.45, 2.75) is 52.2 Å². The van der Waals surface area contributed by atoms with Gasteiger partial charge < -0.3 is 19.6 Å². The van der Waals surface area contributed by atoms with Gasteiger partial charge in [-0.25, -0.2) is 0 Å². The van der Waals surface area contributed by atoms with Gasteiger partial charge in [-0.3, -0.25) is 0 Å². The minimum Gasteiger partial charge on any atom is -0.407 e. The number of hydrogen-bond acceptors (Lipinski definition) is 7. The zero-order valence-corrected chi connectivity index (χ0v) is 11.9. The van der Waals surface area contributed by atoms with Crippen LogP contribution in [0.25, 0.3) is 0 Å². The van der Waals surface area contributed by atoms with Gasteiger partial charge in [0, 0.05) is 11.6 Å². The van der Waals surface area contributed by atoms with Crippen LogP contribution < -0.4 is 10.6 Å². The quantitative estimate of drug-likeness (QED) is 0.835. The van der Waals surface area contributed by atoms with Gasteiger partial charge >= 0.3 is 6.01 Å². The number of nitrogens with zero attached hydrogens (tertiary/aromatic N) is 3. The summed E-state index contributed by atoms with van der Waals surface area (Å²) in [7, 11) is 0. The molecule has 1 aliphatic carbocycles. The van der Waals surface area contributed by atoms with E-state index in [2.05, 4.69) is 26.0 Å². The Hall–Kier alpha value is -1.89. The van der Waals surface area contributed by atoms with E-state index in [1.54, 1.807) is 0 Å². The SMILES string of the molecule is Cc1noc(C)c1C(C)Nc1nnc(CNC2CC2)o1. The lowest BCUT2D eigenvalue weighted by Gasteiger charge is -2.10. The highest BCUT2D eigenvalue weighted by molar-refractivity contribution is 5.32. The van der Waals surface area contributed by atoms with Crippen LogP contribution in [0.5, 0.6) is 0 Å². The van der Waals surface area contributed by atoms with Crippen LogP contribution in [0.2, 0.25) is 0 Å². The fourth-order valence-electron chi connectivity index (χ4n) is 2.27. The van der Waals surface area contributed by atoms with Crippen molar-refractivity contribution in [2.75, 3.05) is 5.32 Å². The van der Waals surface area contributed by atoms with E-state index in [1.807, 2.05) is 20.8 Å². The third-order valence-corrected chi connectivity index (χ3v) is 3.45. The van der Waals surface area contributed by atoms with Crippen LogP contribution >= 0.6 is 0 Å². The van der Waals surface area contributed by atoms with E-state index >= 15 is 0 Å². The first-order valence-electron chi connectivity index (χ1n) is 6.88. The second-order valence-electron chi connectivity index (χ2n) is 5.26. The van der Waals surface area contributed by atoms with Gasteiger partial charge in [0.15, 0.2) is 0 Å². The summed E-state index contributed by atoms with van der Waals surface area (Å²) < 4.78 is 10.7. The molecule has 1 unspecified atom stereocenters. The van der Waals surface area contributed by atoms with Crippen molar-refractivity contribution >= 4 is 6.01 Å². The topological polar surface area (TPSA) is 89.0 Å². The Labute approximate surface area is 117 Å². The molecule has 1 fully saturated rings. The number of aromatic nitrogens is 3. The van der Waals surface area contributed by atoms with Crippen LogP contribution in [0.4, 0.5) is 6.01 Å². The molecule has 1 atom stereocenters. The summed E-state index contributed by atoms with van der Waals surface area (Å²) in [5.74, 6) is 1.41. The molecule has 0 bridgehead atoms. The lowest BCUT2D eigenvalue weighted by atomic mass is 10.1. The first-order chi connectivity index (χ1) is 9.63. The third kappa shape index (κ3) is 2.82. The maximum Gasteiger partial charge on any atom is 0.315 e. The first kappa shape index (κ1) is 13.1. The lowest BCUT2D eigenvalue weighted by Crippen LogP contribution is -2.15. The van der Waals surface area contributed by atoms with Crippen molar-refractivity contribution in [3.8, 4) is 0 Å². The number of hydrogen-bond donors (Lipinski definition) is 2. The molecule has 0 spiro atoms. The van der Waals surface area contributed by atoms with Crippen LogP contribution in [0.15, 0.2) is 8.94 Å². The van der Waals surface area contributed by atoms with Gasteiger partial charge in [-0.2, -0.15) is 0 Å². The van der Waals surface area contributed by atoms with Crippen LogP contribution in [0.3, 0.4) is 0 Å². The largest absolute Gasteiger partial charge is 0.407 e. The van der Waals surface area contributed by atoms with Gasteiger partial charge in [0.25, 0.3) is 0 Å². The molecule has 20 heavy (non-hydrogen) atoms. The molecular weight excluding hydrogens is 258 g/mol. The fourth-order valence-corrected chi connectivity index (χ4v) is 2.27. The predicted octanol–water partition coefficient (Wildman–Crippen LogP) is 2.10. The molecule has 2 N–H and O–H groups in total. The van der Waals surface area contributed by atoms with Crippen molar-refractivity contribution in [1.82, 2.24) is 20.7 Å². The number of rotatable bonds is 6. The summed E-state index contributed by atoms with van der Waals surface area (Å²) in [5, 5.41) is 18.5. The molecular formula is C13H19N5O2. The van der Waals surface area contributed by atoms with Crippen molar-refractivity contribution in [3.05, 3.63) is 22.9 Å². The van der Waals surface area contributed by atoms with E-state index in [1.165, 1.54) is 12.8 Å². The van der Waals surface area contributed by atoms with E-state index in [0.29, 0.717) is 24.5 Å². The molecule has 0 amide bonds. The van der Waals surface area contributed by atoms with Gasteiger partial charge in [-0.1, -0.05) is 10.3 Å². The number of nitrogens with one attached hydrogen (secondary N) is 2. The highest BCUT2D eigenvalue weighted by Gasteiger charge is 2.22. The van der Waals surface area contributed by atoms with Gasteiger partial charge in [0.2, 0.25) is 5.89 Å². The highest BCUT2D eigenvalue weighted by atomic mass is 16.5. The Morgan fingerprint density at radius 2 is 2.10 bits per heavy atom. The Bertz CT molecular complexity index is 568. The van der Waals surface area contributed by atoms with Crippen molar-refractivity contribution < 1.29 is 8.94 Å². The molecule has 1 aliphatic rings. The van der Waals surface area contributed by atoms with E-state index in [-0.39, 0.29) is 6.04 Å². The molecule has 108 valence electrons. The summed E-state index contributed by atoms with van der Waals surface area (Å²) in [5.41, 5.74) is 1.90. The molecule has 2 aromatic rings. The summed E-state index contributed by atoms with van der Waals surface area (Å²) in [6, 6.07) is 1.05. The molecule has 0 radical (unpaired) electrons. The Morgan fingerprint density at radius 1 is 1.30 bits per heavy atom. The molecule has 2 heterocycles. The predicted molar refractivity (Wildman–Crippen MR) is 72.2 cm³/mol. The van der Waals surface area contributed by atoms with E-state index < -0.39 is 0 Å². The molecule has 7 nitrogen and oxygen atoms in total. The lowest BCUT2D eigenvalue weighted by molar-refractivity contribution is 0.391. The normalized spacial score (nSPS) is 16.4. The zero-order chi connectivity index (χ0) is 14.1. The second-order valence-corrected chi connectivity index (χ2v) is 5.26. The minimum absolute atomic E-state index is 0.00550. The maximum atomic E-state index is 5.56. The standard InChI is InChI=1S/C13H19N5O2/c1-7(12-8(2)18-20-9(12)3)15-13-17-16-11(19-13)6-14-10-4-5-10/h7,10,14H,4-6H2,1-3H3,(H,15,17). The summed E-state index contributed by atoms with van der Waals surface area (Å²) in [4.78, 5) is 0. The van der Waals surface area contributed by atoms with Gasteiger partial charge in [0.1, 0.15) is 5.76 Å². The van der Waals surface area contributed by atoms with Crippen molar-refractivity contribution in [1.29, 1.82) is 0 Å². The molecule has 0 saturated heterocycles. The van der Waals surface area contributed by atoms with E-state index in [4.69, 9.17) is 8.94 Å². The van der Waals surface area contributed by atoms with Crippen LogP contribution in [0.1, 0.15) is 48.7 Å². The minimum atomic E-state index is 0.00550. The van der Waals surface area contributed by atoms with Crippen LogP contribution in [0, 0.1) is 13.8 Å². The molecule has 1 saturated carbocycles. The average molecular weight is 277 g/mol. The summed E-state index contributed by atoms with van der Waals surface area (Å²) in [6.07, 6.45) is 2.48. The smallest absolute Gasteiger partial charge is 0.315 e. The molecule has 3 rings (SSSR count). The zero-order valence-electron chi connectivity index (χ0n) is 11.9.